The minimum atomic E-state index is -3.04. The molecular formula is C11H22N2O3S. The molecule has 0 bridgehead atoms. The van der Waals surface area contributed by atoms with Gasteiger partial charge in [-0.25, -0.2) is 8.42 Å². The number of likely N-dealkylation sites (N-methyl/N-ethyl adjacent to an activating group) is 1. The molecule has 2 fully saturated rings. The molecule has 0 aliphatic carbocycles. The Kier molecular flexibility index (Phi) is 4.07. The molecule has 2 aliphatic rings. The van der Waals surface area contributed by atoms with Crippen LogP contribution in [0.5, 0.6) is 0 Å². The summed E-state index contributed by atoms with van der Waals surface area (Å²) in [6.07, 6.45) is 1.65. The third-order valence-corrected chi connectivity index (χ3v) is 5.50. The van der Waals surface area contributed by atoms with Crippen LogP contribution in [0.15, 0.2) is 0 Å². The zero-order valence-electron chi connectivity index (χ0n) is 10.3. The van der Waals surface area contributed by atoms with Crippen LogP contribution < -0.4 is 5.32 Å². The Labute approximate surface area is 103 Å². The maximum Gasteiger partial charge on any atom is 0.154 e. The lowest BCUT2D eigenvalue weighted by Gasteiger charge is -2.31. The summed E-state index contributed by atoms with van der Waals surface area (Å²) in [5, 5.41) is 13.1. The number of aliphatic hydroxyl groups excluding tert-OH is 1. The third-order valence-electron chi connectivity index (χ3n) is 3.80. The second-order valence-corrected chi connectivity index (χ2v) is 7.52. The van der Waals surface area contributed by atoms with Crippen LogP contribution in [0.4, 0.5) is 0 Å². The van der Waals surface area contributed by atoms with Crippen LogP contribution in [0, 0.1) is 5.92 Å². The van der Waals surface area contributed by atoms with E-state index in [0.717, 1.165) is 19.6 Å². The maximum absolute atomic E-state index is 11.4. The fraction of sp³-hybridized carbons (Fsp3) is 1.00. The molecule has 5 nitrogen and oxygen atoms in total. The fourth-order valence-electron chi connectivity index (χ4n) is 2.85. The van der Waals surface area contributed by atoms with Gasteiger partial charge in [0.05, 0.1) is 23.7 Å². The monoisotopic (exact) mass is 262 g/mol. The number of hydrogen-bond acceptors (Lipinski definition) is 5. The van der Waals surface area contributed by atoms with Crippen molar-refractivity contribution in [2.75, 3.05) is 38.2 Å². The third kappa shape index (κ3) is 3.40. The van der Waals surface area contributed by atoms with Gasteiger partial charge in [-0.15, -0.1) is 0 Å². The van der Waals surface area contributed by atoms with Crippen molar-refractivity contribution < 1.29 is 13.5 Å². The molecule has 0 radical (unpaired) electrons. The summed E-state index contributed by atoms with van der Waals surface area (Å²) < 4.78 is 22.9. The van der Waals surface area contributed by atoms with E-state index >= 15 is 0 Å². The van der Waals surface area contributed by atoms with Crippen LogP contribution in [-0.4, -0.2) is 68.8 Å². The Bertz CT molecular complexity index is 352. The van der Waals surface area contributed by atoms with Crippen LogP contribution >= 0.6 is 0 Å². The highest BCUT2D eigenvalue weighted by Crippen LogP contribution is 2.20. The first kappa shape index (κ1) is 13.3. The summed E-state index contributed by atoms with van der Waals surface area (Å²) in [4.78, 5) is 2.02. The first-order valence-corrected chi connectivity index (χ1v) is 8.09. The highest BCUT2D eigenvalue weighted by Gasteiger charge is 2.39. The summed E-state index contributed by atoms with van der Waals surface area (Å²) >= 11 is 0. The van der Waals surface area contributed by atoms with Crippen LogP contribution in [-0.2, 0) is 9.84 Å². The van der Waals surface area contributed by atoms with Gasteiger partial charge < -0.3 is 10.4 Å². The fourth-order valence-corrected chi connectivity index (χ4v) is 4.73. The first-order chi connectivity index (χ1) is 7.98. The van der Waals surface area contributed by atoms with E-state index in [2.05, 4.69) is 5.32 Å². The minimum Gasteiger partial charge on any atom is -0.390 e. The van der Waals surface area contributed by atoms with Crippen molar-refractivity contribution in [2.24, 2.45) is 5.92 Å². The molecule has 2 heterocycles. The van der Waals surface area contributed by atoms with E-state index in [-0.39, 0.29) is 17.5 Å². The Morgan fingerprint density at radius 1 is 1.41 bits per heavy atom. The average molecular weight is 262 g/mol. The summed E-state index contributed by atoms with van der Waals surface area (Å²) in [5.41, 5.74) is 0. The van der Waals surface area contributed by atoms with E-state index in [1.54, 1.807) is 0 Å². The Morgan fingerprint density at radius 2 is 2.18 bits per heavy atom. The molecule has 0 aromatic heterocycles. The van der Waals surface area contributed by atoms with Crippen molar-refractivity contribution in [1.29, 1.82) is 0 Å². The topological polar surface area (TPSA) is 69.6 Å². The molecule has 0 saturated carbocycles. The van der Waals surface area contributed by atoms with Gasteiger partial charge in [0.25, 0.3) is 0 Å². The molecule has 0 amide bonds. The van der Waals surface area contributed by atoms with Crippen LogP contribution in [0.25, 0.3) is 0 Å². The summed E-state index contributed by atoms with van der Waals surface area (Å²) in [6.45, 7) is 2.95. The number of nitrogens with one attached hydrogen (secondary N) is 1. The molecule has 2 aliphatic heterocycles. The Hall–Kier alpha value is -0.170. The number of nitrogens with zero attached hydrogens (tertiary/aromatic N) is 1. The lowest BCUT2D eigenvalue weighted by Crippen LogP contribution is -2.45. The molecule has 2 rings (SSSR count). The van der Waals surface area contributed by atoms with E-state index in [9.17, 15) is 13.5 Å². The quantitative estimate of drug-likeness (QED) is 0.688. The standard InChI is InChI=1S/C11H22N2O3S/c1-13(6-9-3-2-4-12-5-9)10-7-17(15,16)8-11(10)14/h9-12,14H,2-8H2,1H3. The van der Waals surface area contributed by atoms with E-state index in [0.29, 0.717) is 5.92 Å². The van der Waals surface area contributed by atoms with Crippen LogP contribution in [0.2, 0.25) is 0 Å². The average Bonchev–Trinajstić information content (AvgIpc) is 2.54. The zero-order chi connectivity index (χ0) is 12.5. The van der Waals surface area contributed by atoms with E-state index in [1.807, 2.05) is 11.9 Å². The number of hydrogen-bond donors (Lipinski definition) is 2. The second kappa shape index (κ2) is 5.22. The Balaban J connectivity index is 1.89. The van der Waals surface area contributed by atoms with Crippen molar-refractivity contribution in [3.05, 3.63) is 0 Å². The molecule has 0 spiro atoms. The molecule has 0 aromatic carbocycles. The molecule has 2 N–H and O–H groups in total. The molecule has 6 heteroatoms. The number of rotatable bonds is 3. The van der Waals surface area contributed by atoms with Gasteiger partial charge in [-0.1, -0.05) is 0 Å². The summed E-state index contributed by atoms with van der Waals surface area (Å²) in [5.74, 6) is 0.597. The smallest absolute Gasteiger partial charge is 0.154 e. The lowest BCUT2D eigenvalue weighted by atomic mass is 9.98. The van der Waals surface area contributed by atoms with Gasteiger partial charge in [0, 0.05) is 6.54 Å². The largest absolute Gasteiger partial charge is 0.390 e. The lowest BCUT2D eigenvalue weighted by molar-refractivity contribution is 0.0865. The molecule has 0 aromatic rings. The molecule has 100 valence electrons. The van der Waals surface area contributed by atoms with Gasteiger partial charge in [-0.05, 0) is 38.9 Å². The minimum absolute atomic E-state index is 0.0784. The van der Waals surface area contributed by atoms with Crippen molar-refractivity contribution in [1.82, 2.24) is 10.2 Å². The van der Waals surface area contributed by atoms with Gasteiger partial charge in [-0.3, -0.25) is 4.90 Å². The van der Waals surface area contributed by atoms with Crippen LogP contribution in [0.3, 0.4) is 0 Å². The maximum atomic E-state index is 11.4. The summed E-state index contributed by atoms with van der Waals surface area (Å²) in [6, 6.07) is -0.220. The Morgan fingerprint density at radius 3 is 2.71 bits per heavy atom. The highest BCUT2D eigenvalue weighted by molar-refractivity contribution is 7.91. The van der Waals surface area contributed by atoms with E-state index < -0.39 is 15.9 Å². The normalized spacial score (nSPS) is 37.5. The van der Waals surface area contributed by atoms with Gasteiger partial charge in [0.1, 0.15) is 0 Å². The zero-order valence-corrected chi connectivity index (χ0v) is 11.1. The first-order valence-electron chi connectivity index (χ1n) is 6.27. The molecule has 3 atom stereocenters. The van der Waals surface area contributed by atoms with Crippen molar-refractivity contribution in [3.63, 3.8) is 0 Å². The molecule has 2 saturated heterocycles. The molecular weight excluding hydrogens is 240 g/mol. The van der Waals surface area contributed by atoms with Crippen molar-refractivity contribution in [3.8, 4) is 0 Å². The van der Waals surface area contributed by atoms with Crippen molar-refractivity contribution in [2.45, 2.75) is 25.0 Å². The summed E-state index contributed by atoms with van der Waals surface area (Å²) in [7, 11) is -1.12. The van der Waals surface area contributed by atoms with Gasteiger partial charge in [-0.2, -0.15) is 0 Å². The molecule has 17 heavy (non-hydrogen) atoms. The highest BCUT2D eigenvalue weighted by atomic mass is 32.2. The van der Waals surface area contributed by atoms with Gasteiger partial charge in [0.2, 0.25) is 0 Å². The number of piperidine rings is 1. The second-order valence-electron chi connectivity index (χ2n) is 5.36. The van der Waals surface area contributed by atoms with E-state index in [1.165, 1.54) is 12.8 Å². The van der Waals surface area contributed by atoms with Gasteiger partial charge >= 0.3 is 0 Å². The van der Waals surface area contributed by atoms with Crippen LogP contribution in [0.1, 0.15) is 12.8 Å². The molecule has 3 unspecified atom stereocenters. The van der Waals surface area contributed by atoms with Crippen molar-refractivity contribution >= 4 is 9.84 Å². The number of aliphatic hydroxyl groups is 1. The predicted octanol–water partition coefficient (Wildman–Crippen LogP) is -0.924. The predicted molar refractivity (Wildman–Crippen MR) is 66.7 cm³/mol. The number of sulfone groups is 1. The SMILES string of the molecule is CN(CC1CCCNC1)C1CS(=O)(=O)CC1O. The van der Waals surface area contributed by atoms with Gasteiger partial charge in [0.15, 0.2) is 9.84 Å². The van der Waals surface area contributed by atoms with E-state index in [4.69, 9.17) is 0 Å².